The van der Waals surface area contributed by atoms with Crippen LogP contribution in [-0.2, 0) is 0 Å². The summed E-state index contributed by atoms with van der Waals surface area (Å²) in [4.78, 5) is 9.85. The zero-order chi connectivity index (χ0) is 37.0. The van der Waals surface area contributed by atoms with Gasteiger partial charge in [-0.2, -0.15) is 0 Å². The van der Waals surface area contributed by atoms with Crippen LogP contribution in [0.1, 0.15) is 0 Å². The predicted molar refractivity (Wildman–Crippen MR) is 231 cm³/mol. The van der Waals surface area contributed by atoms with Gasteiger partial charge in [-0.05, 0) is 81.4 Å². The lowest BCUT2D eigenvalue weighted by Gasteiger charge is -2.20. The molecule has 4 heteroatoms. The Hall–Kier alpha value is -7.56. The molecule has 8 aromatic carbocycles. The van der Waals surface area contributed by atoms with E-state index in [1.54, 1.807) is 0 Å². The predicted octanol–water partition coefficient (Wildman–Crippen LogP) is 13.8. The van der Waals surface area contributed by atoms with Crippen LogP contribution in [0.4, 0.5) is 0 Å². The SMILES string of the molecule is c1ccc(-c2ccc(-c3cc(-c4nc5c(ccc6cccnc65)o4)cc(-n4c5ccccc5c5ccccc54)c3-c3ccc(-c4ccccc4)cc3)cc2)cc1. The molecule has 0 aliphatic heterocycles. The lowest BCUT2D eigenvalue weighted by Crippen LogP contribution is -2.01. The maximum absolute atomic E-state index is 6.63. The zero-order valence-corrected chi connectivity index (χ0v) is 30.3. The highest BCUT2D eigenvalue weighted by atomic mass is 16.3. The molecule has 3 aromatic heterocycles. The maximum Gasteiger partial charge on any atom is 0.227 e. The maximum atomic E-state index is 6.63. The second-order valence-corrected chi connectivity index (χ2v) is 14.2. The Balaban J connectivity index is 1.22. The minimum Gasteiger partial charge on any atom is -0.436 e. The summed E-state index contributed by atoms with van der Waals surface area (Å²) in [6.45, 7) is 0. The first-order valence-corrected chi connectivity index (χ1v) is 18.9. The van der Waals surface area contributed by atoms with Gasteiger partial charge in [0.05, 0.1) is 22.2 Å². The van der Waals surface area contributed by atoms with Crippen molar-refractivity contribution in [2.24, 2.45) is 0 Å². The van der Waals surface area contributed by atoms with E-state index in [2.05, 4.69) is 180 Å². The Bertz CT molecular complexity index is 3160. The minimum absolute atomic E-state index is 0.549. The molecule has 4 nitrogen and oxygen atoms in total. The van der Waals surface area contributed by atoms with Crippen LogP contribution in [0.3, 0.4) is 0 Å². The number of rotatable bonds is 6. The van der Waals surface area contributed by atoms with Crippen LogP contribution in [0.2, 0.25) is 0 Å². The second kappa shape index (κ2) is 13.1. The largest absolute Gasteiger partial charge is 0.436 e. The molecule has 0 aliphatic rings. The third kappa shape index (κ3) is 5.31. The fourth-order valence-corrected chi connectivity index (χ4v) is 8.23. The molecule has 11 aromatic rings. The Morgan fingerprint density at radius 1 is 0.411 bits per heavy atom. The van der Waals surface area contributed by atoms with Crippen LogP contribution < -0.4 is 0 Å². The first kappa shape index (κ1) is 31.9. The number of aromatic nitrogens is 3. The van der Waals surface area contributed by atoms with Crippen molar-refractivity contribution in [2.45, 2.75) is 0 Å². The number of fused-ring (bicyclic) bond motifs is 6. The van der Waals surface area contributed by atoms with E-state index < -0.39 is 0 Å². The van der Waals surface area contributed by atoms with E-state index in [0.29, 0.717) is 11.5 Å². The highest BCUT2D eigenvalue weighted by Gasteiger charge is 2.23. The van der Waals surface area contributed by atoms with Crippen LogP contribution in [0, 0.1) is 0 Å². The summed E-state index contributed by atoms with van der Waals surface area (Å²) in [7, 11) is 0. The summed E-state index contributed by atoms with van der Waals surface area (Å²) in [6.07, 6.45) is 1.81. The van der Waals surface area contributed by atoms with Crippen molar-refractivity contribution in [2.75, 3.05) is 0 Å². The number of pyridine rings is 1. The van der Waals surface area contributed by atoms with Crippen molar-refractivity contribution in [3.8, 4) is 61.6 Å². The molecule has 3 heterocycles. The second-order valence-electron chi connectivity index (χ2n) is 14.2. The van der Waals surface area contributed by atoms with Crippen molar-refractivity contribution in [1.29, 1.82) is 0 Å². The normalized spacial score (nSPS) is 11.6. The fraction of sp³-hybridized carbons (Fsp3) is 0. The van der Waals surface area contributed by atoms with Gasteiger partial charge in [0, 0.05) is 33.5 Å². The Kier molecular flexibility index (Phi) is 7.46. The van der Waals surface area contributed by atoms with Crippen LogP contribution in [0.15, 0.2) is 205 Å². The smallest absolute Gasteiger partial charge is 0.227 e. The highest BCUT2D eigenvalue weighted by Crippen LogP contribution is 2.45. The minimum atomic E-state index is 0.549. The summed E-state index contributed by atoms with van der Waals surface area (Å²) in [5.74, 6) is 0.549. The van der Waals surface area contributed by atoms with Crippen molar-refractivity contribution in [1.82, 2.24) is 14.5 Å². The van der Waals surface area contributed by atoms with E-state index >= 15 is 0 Å². The average Bonchev–Trinajstić information content (AvgIpc) is 3.87. The van der Waals surface area contributed by atoms with Crippen LogP contribution in [-0.4, -0.2) is 14.5 Å². The molecule has 56 heavy (non-hydrogen) atoms. The first-order valence-electron chi connectivity index (χ1n) is 18.9. The zero-order valence-electron chi connectivity index (χ0n) is 30.3. The molecule has 0 saturated carbocycles. The summed E-state index contributed by atoms with van der Waals surface area (Å²) in [5.41, 5.74) is 15.6. The standard InChI is InChI=1S/C52H33N3O/c1-3-12-34(13-4-1)36-21-25-38(26-22-36)44-32-41(52-54-51-48(56-52)30-29-40-16-11-31-53-50(40)51)33-47(49(44)39-27-23-37(24-28-39)35-14-5-2-6-15-35)55-45-19-9-7-17-42(45)43-18-8-10-20-46(43)55/h1-33H. The topological polar surface area (TPSA) is 43.9 Å². The lowest BCUT2D eigenvalue weighted by atomic mass is 9.89. The van der Waals surface area contributed by atoms with Crippen LogP contribution in [0.25, 0.3) is 105 Å². The summed E-state index contributed by atoms with van der Waals surface area (Å²) < 4.78 is 9.04. The van der Waals surface area contributed by atoms with E-state index in [1.807, 2.05) is 24.4 Å². The van der Waals surface area contributed by atoms with Gasteiger partial charge in [-0.1, -0.05) is 152 Å². The number of benzene rings is 8. The molecule has 262 valence electrons. The molecule has 0 radical (unpaired) electrons. The molecule has 0 atom stereocenters. The molecule has 0 aliphatic carbocycles. The fourth-order valence-electron chi connectivity index (χ4n) is 8.23. The molecule has 11 rings (SSSR count). The molecule has 0 N–H and O–H groups in total. The summed E-state index contributed by atoms with van der Waals surface area (Å²) >= 11 is 0. The van der Waals surface area contributed by atoms with E-state index in [0.717, 1.165) is 61.0 Å². The summed E-state index contributed by atoms with van der Waals surface area (Å²) in [5, 5.41) is 3.43. The third-order valence-electron chi connectivity index (χ3n) is 10.9. The van der Waals surface area contributed by atoms with E-state index in [4.69, 9.17) is 14.4 Å². The van der Waals surface area contributed by atoms with Crippen molar-refractivity contribution in [3.63, 3.8) is 0 Å². The van der Waals surface area contributed by atoms with E-state index in [9.17, 15) is 0 Å². The molecule has 0 saturated heterocycles. The Labute approximate surface area is 323 Å². The van der Waals surface area contributed by atoms with Gasteiger partial charge in [0.2, 0.25) is 5.89 Å². The molecule has 0 bridgehead atoms. The van der Waals surface area contributed by atoms with Gasteiger partial charge in [-0.25, -0.2) is 4.98 Å². The lowest BCUT2D eigenvalue weighted by molar-refractivity contribution is 0.620. The first-order chi connectivity index (χ1) is 27.8. The van der Waals surface area contributed by atoms with E-state index in [1.165, 1.54) is 33.0 Å². The molecular formula is C52H33N3O. The van der Waals surface area contributed by atoms with Gasteiger partial charge in [0.25, 0.3) is 0 Å². The number of hydrogen-bond acceptors (Lipinski definition) is 3. The molecule has 0 amide bonds. The van der Waals surface area contributed by atoms with Gasteiger partial charge < -0.3 is 8.98 Å². The Morgan fingerprint density at radius 3 is 1.61 bits per heavy atom. The number of para-hydroxylation sites is 2. The third-order valence-corrected chi connectivity index (χ3v) is 10.9. The molecule has 0 spiro atoms. The summed E-state index contributed by atoms with van der Waals surface area (Å²) in [6, 6.07) is 68.9. The Morgan fingerprint density at radius 2 is 0.964 bits per heavy atom. The van der Waals surface area contributed by atoms with Crippen molar-refractivity contribution >= 4 is 43.8 Å². The van der Waals surface area contributed by atoms with Gasteiger partial charge in [-0.15, -0.1) is 0 Å². The van der Waals surface area contributed by atoms with Crippen molar-refractivity contribution in [3.05, 3.63) is 200 Å². The molecular weight excluding hydrogens is 683 g/mol. The number of nitrogens with zero attached hydrogens (tertiary/aromatic N) is 3. The number of oxazole rings is 1. The van der Waals surface area contributed by atoms with Crippen molar-refractivity contribution < 1.29 is 4.42 Å². The quantitative estimate of drug-likeness (QED) is 0.172. The van der Waals surface area contributed by atoms with Gasteiger partial charge in [0.15, 0.2) is 5.58 Å². The van der Waals surface area contributed by atoms with Crippen LogP contribution in [0.5, 0.6) is 0 Å². The number of hydrogen-bond donors (Lipinski definition) is 0. The monoisotopic (exact) mass is 715 g/mol. The average molecular weight is 716 g/mol. The van der Waals surface area contributed by atoms with Gasteiger partial charge >= 0.3 is 0 Å². The van der Waals surface area contributed by atoms with Crippen LogP contribution >= 0.6 is 0 Å². The van der Waals surface area contributed by atoms with Gasteiger partial charge in [0.1, 0.15) is 5.52 Å². The molecule has 0 unspecified atom stereocenters. The van der Waals surface area contributed by atoms with E-state index in [-0.39, 0.29) is 0 Å². The van der Waals surface area contributed by atoms with Gasteiger partial charge in [-0.3, -0.25) is 4.98 Å². The molecule has 0 fully saturated rings. The highest BCUT2D eigenvalue weighted by molar-refractivity contribution is 6.10.